The van der Waals surface area contributed by atoms with Gasteiger partial charge >= 0.3 is 6.03 Å². The van der Waals surface area contributed by atoms with Gasteiger partial charge in [0.15, 0.2) is 5.82 Å². The molecule has 1 saturated carbocycles. The van der Waals surface area contributed by atoms with E-state index in [-0.39, 0.29) is 24.6 Å². The van der Waals surface area contributed by atoms with E-state index < -0.39 is 0 Å². The highest BCUT2D eigenvalue weighted by molar-refractivity contribution is 5.89. The number of benzene rings is 1. The van der Waals surface area contributed by atoms with Crippen molar-refractivity contribution in [3.05, 3.63) is 42.2 Å². The highest BCUT2D eigenvalue weighted by Gasteiger charge is 2.25. The minimum atomic E-state index is -0.232. The lowest BCUT2D eigenvalue weighted by molar-refractivity contribution is 0.156. The highest BCUT2D eigenvalue weighted by Crippen LogP contribution is 2.24. The van der Waals surface area contributed by atoms with Gasteiger partial charge in [0, 0.05) is 41.7 Å². The average Bonchev–Trinajstić information content (AvgIpc) is 2.63. The molecule has 6 nitrogen and oxygen atoms in total. The fourth-order valence-corrected chi connectivity index (χ4v) is 3.24. The van der Waals surface area contributed by atoms with Gasteiger partial charge < -0.3 is 15.7 Å². The zero-order chi connectivity index (χ0) is 17.6. The fourth-order valence-electron chi connectivity index (χ4n) is 3.24. The van der Waals surface area contributed by atoms with Gasteiger partial charge in [0.05, 0.1) is 0 Å². The Kier molecular flexibility index (Phi) is 5.60. The molecule has 1 aromatic heterocycles. The molecule has 1 heterocycles. The number of anilines is 1. The summed E-state index contributed by atoms with van der Waals surface area (Å²) in [6.45, 7) is 2.05. The number of hydrogen-bond acceptors (Lipinski definition) is 4. The first-order chi connectivity index (χ1) is 12.2. The predicted molar refractivity (Wildman–Crippen MR) is 97.2 cm³/mol. The maximum atomic E-state index is 12.2. The lowest BCUT2D eigenvalue weighted by Gasteiger charge is -2.30. The van der Waals surface area contributed by atoms with Gasteiger partial charge in [0.2, 0.25) is 0 Å². The molecular formula is C19H24N4O2. The molecule has 0 spiro atoms. The Labute approximate surface area is 147 Å². The average molecular weight is 340 g/mol. The van der Waals surface area contributed by atoms with E-state index in [4.69, 9.17) is 0 Å². The molecule has 2 aromatic rings. The summed E-state index contributed by atoms with van der Waals surface area (Å²) in [4.78, 5) is 20.9. The van der Waals surface area contributed by atoms with Crippen molar-refractivity contribution in [2.45, 2.75) is 38.6 Å². The Morgan fingerprint density at radius 1 is 1.20 bits per heavy atom. The number of aryl methyl sites for hydroxylation is 1. The molecule has 3 N–H and O–H groups in total. The monoisotopic (exact) mass is 340 g/mol. The Morgan fingerprint density at radius 2 is 1.96 bits per heavy atom. The van der Waals surface area contributed by atoms with E-state index in [9.17, 15) is 9.90 Å². The summed E-state index contributed by atoms with van der Waals surface area (Å²) in [6, 6.07) is 9.12. The van der Waals surface area contributed by atoms with Crippen molar-refractivity contribution in [2.75, 3.05) is 11.9 Å². The van der Waals surface area contributed by atoms with E-state index in [1.807, 2.05) is 37.3 Å². The molecule has 2 amide bonds. The van der Waals surface area contributed by atoms with Gasteiger partial charge in [-0.2, -0.15) is 0 Å². The topological polar surface area (TPSA) is 87.1 Å². The van der Waals surface area contributed by atoms with Gasteiger partial charge in [-0.1, -0.05) is 12.8 Å². The van der Waals surface area contributed by atoms with Gasteiger partial charge in [-0.25, -0.2) is 14.8 Å². The first-order valence-corrected chi connectivity index (χ1v) is 8.74. The van der Waals surface area contributed by atoms with Crippen molar-refractivity contribution in [1.82, 2.24) is 15.3 Å². The summed E-state index contributed by atoms with van der Waals surface area (Å²) in [6.07, 6.45) is 5.83. The van der Waals surface area contributed by atoms with Gasteiger partial charge in [0.25, 0.3) is 0 Å². The Hall–Kier alpha value is -2.47. The lowest BCUT2D eigenvalue weighted by Crippen LogP contribution is -2.45. The van der Waals surface area contributed by atoms with E-state index in [0.717, 1.165) is 36.9 Å². The third kappa shape index (κ3) is 4.54. The number of nitrogens with one attached hydrogen (secondary N) is 2. The lowest BCUT2D eigenvalue weighted by atomic mass is 9.85. The van der Waals surface area contributed by atoms with Gasteiger partial charge in [-0.05, 0) is 50.1 Å². The third-order valence-corrected chi connectivity index (χ3v) is 4.66. The van der Waals surface area contributed by atoms with Crippen LogP contribution >= 0.6 is 0 Å². The van der Waals surface area contributed by atoms with E-state index in [0.29, 0.717) is 11.5 Å². The van der Waals surface area contributed by atoms with Crippen LogP contribution in [0.25, 0.3) is 11.4 Å². The number of hydrogen-bond donors (Lipinski definition) is 3. The molecule has 1 aromatic carbocycles. The van der Waals surface area contributed by atoms with Crippen molar-refractivity contribution in [2.24, 2.45) is 5.92 Å². The summed E-state index contributed by atoms with van der Waals surface area (Å²) in [5.41, 5.74) is 2.53. The summed E-state index contributed by atoms with van der Waals surface area (Å²) in [5.74, 6) is 0.823. The van der Waals surface area contributed by atoms with E-state index in [1.165, 1.54) is 0 Å². The van der Waals surface area contributed by atoms with Gasteiger partial charge in [0.1, 0.15) is 0 Å². The minimum Gasteiger partial charge on any atom is -0.396 e. The highest BCUT2D eigenvalue weighted by atomic mass is 16.3. The smallest absolute Gasteiger partial charge is 0.319 e. The largest absolute Gasteiger partial charge is 0.396 e. The molecule has 0 bridgehead atoms. The number of rotatable bonds is 4. The van der Waals surface area contributed by atoms with Crippen LogP contribution in [-0.4, -0.2) is 33.8 Å². The van der Waals surface area contributed by atoms with Crippen LogP contribution in [0.3, 0.4) is 0 Å². The molecule has 0 unspecified atom stereocenters. The fraction of sp³-hybridized carbons (Fsp3) is 0.421. The summed E-state index contributed by atoms with van der Waals surface area (Å²) in [7, 11) is 0. The Balaban J connectivity index is 1.60. The van der Waals surface area contributed by atoms with Crippen LogP contribution in [-0.2, 0) is 0 Å². The number of aliphatic hydroxyl groups excluding tert-OH is 1. The van der Waals surface area contributed by atoms with Crippen LogP contribution < -0.4 is 10.6 Å². The second-order valence-corrected chi connectivity index (χ2v) is 6.53. The number of nitrogens with zero attached hydrogens (tertiary/aromatic N) is 2. The molecule has 1 fully saturated rings. The second kappa shape index (κ2) is 8.07. The first-order valence-electron chi connectivity index (χ1n) is 8.74. The van der Waals surface area contributed by atoms with E-state index >= 15 is 0 Å². The SMILES string of the molecule is Cc1ccnc(-c2ccc(NC(=O)N[C@H]3CCCC[C@@H]3CO)cc2)n1. The number of carbonyl (C=O) groups is 1. The van der Waals surface area contributed by atoms with Crippen molar-refractivity contribution >= 4 is 11.7 Å². The van der Waals surface area contributed by atoms with Crippen molar-refractivity contribution in [1.29, 1.82) is 0 Å². The number of amides is 2. The number of aromatic nitrogens is 2. The standard InChI is InChI=1S/C19H24N4O2/c1-13-10-11-20-18(21-13)14-6-8-16(9-7-14)22-19(25)23-17-5-3-2-4-15(17)12-24/h6-11,15,17,24H,2-5,12H2,1H3,(H2,22,23,25)/t15-,17+/m1/s1. The van der Waals surface area contributed by atoms with Crippen molar-refractivity contribution in [3.8, 4) is 11.4 Å². The maximum absolute atomic E-state index is 12.2. The molecule has 1 aliphatic carbocycles. The number of carbonyl (C=O) groups excluding carboxylic acids is 1. The maximum Gasteiger partial charge on any atom is 0.319 e. The van der Waals surface area contributed by atoms with Crippen molar-refractivity contribution < 1.29 is 9.90 Å². The van der Waals surface area contributed by atoms with Crippen LogP contribution in [0.5, 0.6) is 0 Å². The zero-order valence-corrected chi connectivity index (χ0v) is 14.4. The van der Waals surface area contributed by atoms with E-state index in [2.05, 4.69) is 20.6 Å². The molecule has 6 heteroatoms. The van der Waals surface area contributed by atoms with Crippen LogP contribution in [0.15, 0.2) is 36.5 Å². The minimum absolute atomic E-state index is 0.0405. The van der Waals surface area contributed by atoms with Crippen LogP contribution in [0.4, 0.5) is 10.5 Å². The van der Waals surface area contributed by atoms with Crippen LogP contribution in [0, 0.1) is 12.8 Å². The Bertz CT molecular complexity index is 718. The van der Waals surface area contributed by atoms with Gasteiger partial charge in [-0.3, -0.25) is 0 Å². The summed E-state index contributed by atoms with van der Waals surface area (Å²) in [5, 5.41) is 15.3. The molecule has 2 atom stereocenters. The molecule has 25 heavy (non-hydrogen) atoms. The predicted octanol–water partition coefficient (Wildman–Crippen LogP) is 3.12. The summed E-state index contributed by atoms with van der Waals surface area (Å²) < 4.78 is 0. The molecule has 132 valence electrons. The molecule has 3 rings (SSSR count). The zero-order valence-electron chi connectivity index (χ0n) is 14.4. The summed E-state index contributed by atoms with van der Waals surface area (Å²) >= 11 is 0. The molecular weight excluding hydrogens is 316 g/mol. The van der Waals surface area contributed by atoms with Crippen LogP contribution in [0.2, 0.25) is 0 Å². The van der Waals surface area contributed by atoms with Crippen LogP contribution in [0.1, 0.15) is 31.4 Å². The van der Waals surface area contributed by atoms with Gasteiger partial charge in [-0.15, -0.1) is 0 Å². The van der Waals surface area contributed by atoms with E-state index in [1.54, 1.807) is 6.20 Å². The number of aliphatic hydroxyl groups is 1. The third-order valence-electron chi connectivity index (χ3n) is 4.66. The molecule has 0 aliphatic heterocycles. The normalized spacial score (nSPS) is 20.1. The van der Waals surface area contributed by atoms with Crippen molar-refractivity contribution in [3.63, 3.8) is 0 Å². The Morgan fingerprint density at radius 3 is 2.68 bits per heavy atom. The molecule has 0 radical (unpaired) electrons. The number of urea groups is 1. The second-order valence-electron chi connectivity index (χ2n) is 6.53. The first kappa shape index (κ1) is 17.4. The quantitative estimate of drug-likeness (QED) is 0.798. The molecule has 0 saturated heterocycles. The molecule has 1 aliphatic rings.